The van der Waals surface area contributed by atoms with E-state index >= 15 is 0 Å². The summed E-state index contributed by atoms with van der Waals surface area (Å²) in [7, 11) is 0. The third-order valence-electron chi connectivity index (χ3n) is 5.43. The number of likely N-dealkylation sites (tertiary alicyclic amines) is 1. The topological polar surface area (TPSA) is 41.9 Å². The Kier molecular flexibility index (Phi) is 5.18. The highest BCUT2D eigenvalue weighted by Gasteiger charge is 2.26. The summed E-state index contributed by atoms with van der Waals surface area (Å²) in [5, 5.41) is 3.35. The Morgan fingerprint density at radius 2 is 1.75 bits per heavy atom. The summed E-state index contributed by atoms with van der Waals surface area (Å²) in [5.41, 5.74) is 1.23. The van der Waals surface area contributed by atoms with E-state index in [1.165, 1.54) is 61.9 Å². The van der Waals surface area contributed by atoms with Gasteiger partial charge in [-0.1, -0.05) is 25.7 Å². The minimum absolute atomic E-state index is 0.469. The summed E-state index contributed by atoms with van der Waals surface area (Å²) >= 11 is 1.78. The molecule has 1 saturated carbocycles. The second-order valence-corrected chi connectivity index (χ2v) is 8.06. The number of nitrogens with zero attached hydrogens (tertiary/aromatic N) is 4. The number of aromatic nitrogens is 3. The van der Waals surface area contributed by atoms with Gasteiger partial charge in [0.05, 0.1) is 6.04 Å². The van der Waals surface area contributed by atoms with Gasteiger partial charge in [0.15, 0.2) is 0 Å². The summed E-state index contributed by atoms with van der Waals surface area (Å²) in [6, 6.07) is 0.469. The van der Waals surface area contributed by atoms with Crippen molar-refractivity contribution in [2.75, 3.05) is 6.54 Å². The van der Waals surface area contributed by atoms with E-state index in [4.69, 9.17) is 9.97 Å². The molecule has 0 aromatic carbocycles. The first-order valence-corrected chi connectivity index (χ1v) is 10.2. The van der Waals surface area contributed by atoms with Crippen molar-refractivity contribution in [1.29, 1.82) is 0 Å². The molecule has 24 heavy (non-hydrogen) atoms. The minimum Gasteiger partial charge on any atom is -0.290 e. The van der Waals surface area contributed by atoms with Crippen molar-refractivity contribution in [2.24, 2.45) is 0 Å². The van der Waals surface area contributed by atoms with E-state index in [2.05, 4.69) is 27.7 Å². The monoisotopic (exact) mass is 342 g/mol. The van der Waals surface area contributed by atoms with Crippen molar-refractivity contribution in [3.8, 4) is 0 Å². The van der Waals surface area contributed by atoms with E-state index in [0.29, 0.717) is 12.0 Å². The second-order valence-electron chi connectivity index (χ2n) is 7.14. The lowest BCUT2D eigenvalue weighted by Crippen LogP contribution is -2.33. The number of thiazole rings is 1. The van der Waals surface area contributed by atoms with Crippen molar-refractivity contribution in [3.05, 3.63) is 40.4 Å². The largest absolute Gasteiger partial charge is 0.290 e. The molecule has 2 aromatic heterocycles. The van der Waals surface area contributed by atoms with E-state index in [1.807, 2.05) is 6.20 Å². The third-order valence-corrected chi connectivity index (χ3v) is 6.31. The van der Waals surface area contributed by atoms with E-state index in [9.17, 15) is 0 Å². The van der Waals surface area contributed by atoms with E-state index in [1.54, 1.807) is 11.3 Å². The van der Waals surface area contributed by atoms with E-state index in [-0.39, 0.29) is 0 Å². The van der Waals surface area contributed by atoms with Crippen LogP contribution in [0.1, 0.15) is 79.7 Å². The summed E-state index contributed by atoms with van der Waals surface area (Å²) < 4.78 is 0. The first-order chi connectivity index (χ1) is 11.9. The molecule has 0 N–H and O–H groups in total. The molecule has 0 unspecified atom stereocenters. The smallest absolute Gasteiger partial charge is 0.131 e. The molecule has 5 heteroatoms. The van der Waals surface area contributed by atoms with Crippen molar-refractivity contribution >= 4 is 11.3 Å². The lowest BCUT2D eigenvalue weighted by molar-refractivity contribution is 0.140. The van der Waals surface area contributed by atoms with Gasteiger partial charge in [0, 0.05) is 42.0 Å². The molecule has 1 aliphatic carbocycles. The molecule has 4 rings (SSSR count). The van der Waals surface area contributed by atoms with Gasteiger partial charge >= 0.3 is 0 Å². The Morgan fingerprint density at radius 3 is 2.50 bits per heavy atom. The number of hydrogen-bond acceptors (Lipinski definition) is 5. The molecule has 2 fully saturated rings. The van der Waals surface area contributed by atoms with Gasteiger partial charge in [0.1, 0.15) is 10.8 Å². The molecule has 0 amide bonds. The van der Waals surface area contributed by atoms with Crippen LogP contribution in [-0.2, 0) is 6.54 Å². The van der Waals surface area contributed by atoms with Gasteiger partial charge in [0.2, 0.25) is 0 Å². The zero-order chi connectivity index (χ0) is 16.2. The second kappa shape index (κ2) is 7.70. The maximum atomic E-state index is 4.70. The Balaban J connectivity index is 1.43. The van der Waals surface area contributed by atoms with Gasteiger partial charge in [-0.25, -0.2) is 15.0 Å². The van der Waals surface area contributed by atoms with E-state index < -0.39 is 0 Å². The van der Waals surface area contributed by atoms with Crippen molar-refractivity contribution in [3.63, 3.8) is 0 Å². The first-order valence-electron chi connectivity index (χ1n) is 9.34. The fourth-order valence-corrected chi connectivity index (χ4v) is 4.92. The fourth-order valence-electron chi connectivity index (χ4n) is 4.11. The Hall–Kier alpha value is -1.33. The zero-order valence-electron chi connectivity index (χ0n) is 14.2. The van der Waals surface area contributed by atoms with Crippen molar-refractivity contribution in [1.82, 2.24) is 19.9 Å². The van der Waals surface area contributed by atoms with Crippen LogP contribution in [0.4, 0.5) is 0 Å². The molecular formula is C19H26N4S. The maximum Gasteiger partial charge on any atom is 0.131 e. The predicted molar refractivity (Wildman–Crippen MR) is 97.0 cm³/mol. The molecule has 3 heterocycles. The SMILES string of the molecule is c1csc([C@@H]2CCCCN2Cc2cnc(C3CCCCC3)nc2)n1. The fraction of sp³-hybridized carbons (Fsp3) is 0.632. The van der Waals surface area contributed by atoms with Crippen molar-refractivity contribution < 1.29 is 0 Å². The molecule has 0 radical (unpaired) electrons. The highest BCUT2D eigenvalue weighted by Crippen LogP contribution is 2.33. The molecule has 0 spiro atoms. The van der Waals surface area contributed by atoms with Crippen LogP contribution < -0.4 is 0 Å². The number of piperidine rings is 1. The van der Waals surface area contributed by atoms with Gasteiger partial charge in [-0.15, -0.1) is 11.3 Å². The molecule has 1 atom stereocenters. The molecular weight excluding hydrogens is 316 g/mol. The lowest BCUT2D eigenvalue weighted by Gasteiger charge is -2.34. The minimum atomic E-state index is 0.469. The van der Waals surface area contributed by atoms with Crippen LogP contribution in [0.3, 0.4) is 0 Å². The van der Waals surface area contributed by atoms with E-state index in [0.717, 1.165) is 18.9 Å². The average molecular weight is 343 g/mol. The van der Waals surface area contributed by atoms with Crippen LogP contribution in [0.15, 0.2) is 24.0 Å². The third kappa shape index (κ3) is 3.67. The lowest BCUT2D eigenvalue weighted by atomic mass is 9.89. The van der Waals surface area contributed by atoms with Gasteiger partial charge in [-0.3, -0.25) is 4.90 Å². The Labute approximate surface area is 148 Å². The van der Waals surface area contributed by atoms with Crippen LogP contribution in [0.5, 0.6) is 0 Å². The zero-order valence-corrected chi connectivity index (χ0v) is 15.0. The molecule has 0 bridgehead atoms. The highest BCUT2D eigenvalue weighted by molar-refractivity contribution is 7.09. The van der Waals surface area contributed by atoms with Gasteiger partial charge in [-0.2, -0.15) is 0 Å². The molecule has 1 saturated heterocycles. The van der Waals surface area contributed by atoms with Gasteiger partial charge in [0.25, 0.3) is 0 Å². The number of hydrogen-bond donors (Lipinski definition) is 0. The molecule has 4 nitrogen and oxygen atoms in total. The summed E-state index contributed by atoms with van der Waals surface area (Å²) in [4.78, 5) is 16.5. The molecule has 128 valence electrons. The summed E-state index contributed by atoms with van der Waals surface area (Å²) in [6.45, 7) is 2.09. The van der Waals surface area contributed by atoms with Crippen LogP contribution in [0, 0.1) is 0 Å². The number of rotatable bonds is 4. The van der Waals surface area contributed by atoms with Crippen LogP contribution in [-0.4, -0.2) is 26.4 Å². The standard InChI is InChI=1S/C19H26N4S/c1-2-6-16(7-3-1)18-21-12-15(13-22-18)14-23-10-5-4-8-17(23)19-20-9-11-24-19/h9,11-13,16-17H,1-8,10,14H2/t17-/m0/s1. The average Bonchev–Trinajstić information content (AvgIpc) is 3.18. The van der Waals surface area contributed by atoms with Crippen LogP contribution in [0.25, 0.3) is 0 Å². The van der Waals surface area contributed by atoms with Crippen LogP contribution in [0.2, 0.25) is 0 Å². The summed E-state index contributed by atoms with van der Waals surface area (Å²) in [6.07, 6.45) is 16.4. The molecule has 1 aliphatic heterocycles. The quantitative estimate of drug-likeness (QED) is 0.807. The highest BCUT2D eigenvalue weighted by atomic mass is 32.1. The maximum absolute atomic E-state index is 4.70. The van der Waals surface area contributed by atoms with Gasteiger partial charge < -0.3 is 0 Å². The predicted octanol–water partition coefficient (Wildman–Crippen LogP) is 4.71. The molecule has 2 aliphatic rings. The van der Waals surface area contributed by atoms with Crippen molar-refractivity contribution in [2.45, 2.75) is 69.9 Å². The first kappa shape index (κ1) is 16.2. The Bertz CT molecular complexity index is 619. The van der Waals surface area contributed by atoms with Crippen LogP contribution >= 0.6 is 11.3 Å². The molecule has 2 aromatic rings. The summed E-state index contributed by atoms with van der Waals surface area (Å²) in [5.74, 6) is 1.65. The Morgan fingerprint density at radius 1 is 0.958 bits per heavy atom. The normalized spacial score (nSPS) is 23.4. The van der Waals surface area contributed by atoms with Gasteiger partial charge in [-0.05, 0) is 32.2 Å².